The maximum absolute atomic E-state index is 11.7. The molecule has 0 aromatic rings. The van der Waals surface area contributed by atoms with Crippen LogP contribution >= 0.6 is 0 Å². The van der Waals surface area contributed by atoms with E-state index in [-0.39, 0.29) is 0 Å². The lowest BCUT2D eigenvalue weighted by molar-refractivity contribution is -0.140. The van der Waals surface area contributed by atoms with Gasteiger partial charge in [-0.25, -0.2) is 4.79 Å². The van der Waals surface area contributed by atoms with Crippen molar-refractivity contribution in [2.45, 2.75) is 6.08 Å². The van der Waals surface area contributed by atoms with E-state index in [9.17, 15) is 22.3 Å². The standard InChI is InChI=1S/C3H3BF4O3/c5-3(6,7)4(8)11-1-2(9)10/h1H2,(H,9,10). The molecule has 0 atom stereocenters. The number of carboxylic acids is 1. The van der Waals surface area contributed by atoms with Crippen molar-refractivity contribution in [2.24, 2.45) is 0 Å². The van der Waals surface area contributed by atoms with Gasteiger partial charge in [0.25, 0.3) is 0 Å². The van der Waals surface area contributed by atoms with Gasteiger partial charge in [0, 0.05) is 0 Å². The van der Waals surface area contributed by atoms with Crippen LogP contribution in [-0.4, -0.2) is 31.0 Å². The highest BCUT2D eigenvalue weighted by atomic mass is 19.4. The van der Waals surface area contributed by atoms with E-state index >= 15 is 0 Å². The van der Waals surface area contributed by atoms with Crippen molar-refractivity contribution in [2.75, 3.05) is 6.61 Å². The zero-order valence-corrected chi connectivity index (χ0v) is 5.06. The minimum atomic E-state index is -5.16. The molecular formula is C3H3BF4O3. The number of carboxylic acid groups (broad SMARTS) is 1. The smallest absolute Gasteiger partial charge is 0.480 e. The van der Waals surface area contributed by atoms with Gasteiger partial charge in [-0.15, -0.1) is 0 Å². The summed E-state index contributed by atoms with van der Waals surface area (Å²) >= 11 is 0. The van der Waals surface area contributed by atoms with Crippen molar-refractivity contribution >= 4 is 13.2 Å². The quantitative estimate of drug-likeness (QED) is 0.504. The van der Waals surface area contributed by atoms with Crippen molar-refractivity contribution in [3.63, 3.8) is 0 Å². The Bertz CT molecular complexity index is 146. The molecule has 1 N–H and O–H groups in total. The maximum atomic E-state index is 11.7. The van der Waals surface area contributed by atoms with Gasteiger partial charge in [0.15, 0.2) is 0 Å². The predicted octanol–water partition coefficient (Wildman–Crippen LogP) is 0.647. The summed E-state index contributed by atoms with van der Waals surface area (Å²) in [4.78, 5) is 9.57. The fourth-order valence-electron chi connectivity index (χ4n) is 0.239. The van der Waals surface area contributed by atoms with E-state index in [4.69, 9.17) is 5.11 Å². The summed E-state index contributed by atoms with van der Waals surface area (Å²) in [7, 11) is -3.53. The second-order valence-corrected chi connectivity index (χ2v) is 1.56. The van der Waals surface area contributed by atoms with Gasteiger partial charge in [-0.3, -0.25) is 4.32 Å². The summed E-state index contributed by atoms with van der Waals surface area (Å²) in [5.41, 5.74) is 0. The van der Waals surface area contributed by atoms with E-state index in [1.165, 1.54) is 0 Å². The first-order valence-corrected chi connectivity index (χ1v) is 2.38. The lowest BCUT2D eigenvalue weighted by Crippen LogP contribution is -2.34. The van der Waals surface area contributed by atoms with Crippen LogP contribution in [0.2, 0.25) is 0 Å². The number of hydrogen-bond donors (Lipinski definition) is 1. The average Bonchev–Trinajstić information content (AvgIpc) is 1.80. The molecule has 3 nitrogen and oxygen atoms in total. The van der Waals surface area contributed by atoms with Crippen LogP contribution in [0.15, 0.2) is 0 Å². The minimum absolute atomic E-state index is 1.30. The van der Waals surface area contributed by atoms with Crippen LogP contribution in [-0.2, 0) is 9.45 Å². The molecule has 0 aliphatic carbocycles. The van der Waals surface area contributed by atoms with Gasteiger partial charge < -0.3 is 9.76 Å². The van der Waals surface area contributed by atoms with Crippen LogP contribution in [0.25, 0.3) is 0 Å². The molecule has 0 unspecified atom stereocenters. The second kappa shape index (κ2) is 3.56. The first-order valence-electron chi connectivity index (χ1n) is 2.38. The summed E-state index contributed by atoms with van der Waals surface area (Å²) in [6, 6.07) is 0. The van der Waals surface area contributed by atoms with Crippen molar-refractivity contribution in [3.8, 4) is 0 Å². The summed E-state index contributed by atoms with van der Waals surface area (Å²) in [6.45, 7) is -1.30. The lowest BCUT2D eigenvalue weighted by Gasteiger charge is -2.06. The molecule has 0 rings (SSSR count). The highest BCUT2D eigenvalue weighted by Crippen LogP contribution is 2.20. The highest BCUT2D eigenvalue weighted by molar-refractivity contribution is 6.46. The third-order valence-electron chi connectivity index (χ3n) is 0.610. The molecule has 0 aromatic carbocycles. The van der Waals surface area contributed by atoms with Crippen molar-refractivity contribution < 1.29 is 32.0 Å². The molecule has 11 heavy (non-hydrogen) atoms. The molecule has 0 spiro atoms. The Hall–Kier alpha value is -0.785. The van der Waals surface area contributed by atoms with Crippen LogP contribution in [0, 0.1) is 0 Å². The molecule has 0 aromatic heterocycles. The summed E-state index contributed by atoms with van der Waals surface area (Å²) in [5.74, 6) is -1.66. The molecule has 0 aliphatic heterocycles. The monoisotopic (exact) mass is 174 g/mol. The highest BCUT2D eigenvalue weighted by Gasteiger charge is 2.49. The van der Waals surface area contributed by atoms with Gasteiger partial charge in [-0.05, 0) is 0 Å². The third-order valence-corrected chi connectivity index (χ3v) is 0.610. The number of halogens is 4. The first-order chi connectivity index (χ1) is 4.84. The zero-order valence-electron chi connectivity index (χ0n) is 5.06. The summed E-state index contributed by atoms with van der Waals surface area (Å²) < 4.78 is 48.6. The van der Waals surface area contributed by atoms with Crippen LogP contribution in [0.3, 0.4) is 0 Å². The molecule has 0 saturated carbocycles. The SMILES string of the molecule is O=C(O)COB(F)C(F)(F)F. The Morgan fingerprint density at radius 2 is 2.00 bits per heavy atom. The molecule has 0 fully saturated rings. The van der Waals surface area contributed by atoms with Gasteiger partial charge in [0.05, 0.1) is 0 Å². The third kappa shape index (κ3) is 4.60. The van der Waals surface area contributed by atoms with E-state index in [0.717, 1.165) is 0 Å². The summed E-state index contributed by atoms with van der Waals surface area (Å²) in [5, 5.41) is 7.77. The summed E-state index contributed by atoms with van der Waals surface area (Å²) in [6.07, 6.45) is -5.16. The molecule has 0 aliphatic rings. The average molecular weight is 174 g/mol. The van der Waals surface area contributed by atoms with Gasteiger partial charge >= 0.3 is 19.2 Å². The van der Waals surface area contributed by atoms with E-state index in [1.54, 1.807) is 0 Å². The number of rotatable bonds is 3. The molecule has 64 valence electrons. The molecule has 0 heterocycles. The van der Waals surface area contributed by atoms with E-state index in [0.29, 0.717) is 0 Å². The lowest BCUT2D eigenvalue weighted by atomic mass is 9.94. The normalized spacial score (nSPS) is 11.3. The predicted molar refractivity (Wildman–Crippen MR) is 26.5 cm³/mol. The van der Waals surface area contributed by atoms with Crippen LogP contribution in [0.1, 0.15) is 0 Å². The van der Waals surface area contributed by atoms with Crippen molar-refractivity contribution in [1.82, 2.24) is 0 Å². The molecule has 0 saturated heterocycles. The van der Waals surface area contributed by atoms with Gasteiger partial charge in [-0.1, -0.05) is 0 Å². The van der Waals surface area contributed by atoms with Gasteiger partial charge in [-0.2, -0.15) is 13.2 Å². The van der Waals surface area contributed by atoms with Crippen molar-refractivity contribution in [3.05, 3.63) is 0 Å². The van der Waals surface area contributed by atoms with Crippen LogP contribution in [0.4, 0.5) is 17.5 Å². The fraction of sp³-hybridized carbons (Fsp3) is 0.667. The Kier molecular flexibility index (Phi) is 3.31. The van der Waals surface area contributed by atoms with Crippen LogP contribution in [0.5, 0.6) is 0 Å². The second-order valence-electron chi connectivity index (χ2n) is 1.56. The number of aliphatic carboxylic acids is 1. The fourth-order valence-corrected chi connectivity index (χ4v) is 0.239. The number of alkyl halides is 3. The molecule has 0 amide bonds. The van der Waals surface area contributed by atoms with E-state index in [2.05, 4.69) is 4.65 Å². The van der Waals surface area contributed by atoms with Crippen LogP contribution < -0.4 is 0 Å². The first kappa shape index (κ1) is 10.2. The Balaban J connectivity index is 3.70. The molecule has 0 radical (unpaired) electrons. The zero-order chi connectivity index (χ0) is 9.07. The Morgan fingerprint density at radius 1 is 1.55 bits per heavy atom. The minimum Gasteiger partial charge on any atom is -0.480 e. The molecule has 8 heteroatoms. The maximum Gasteiger partial charge on any atom is 0.616 e. The number of hydrogen-bond acceptors (Lipinski definition) is 2. The molecular weight excluding hydrogens is 171 g/mol. The van der Waals surface area contributed by atoms with E-state index in [1.807, 2.05) is 0 Å². The van der Waals surface area contributed by atoms with Crippen molar-refractivity contribution in [1.29, 1.82) is 0 Å². The Labute approximate surface area is 59.1 Å². The van der Waals surface area contributed by atoms with E-state index < -0.39 is 25.8 Å². The Morgan fingerprint density at radius 3 is 2.27 bits per heavy atom. The largest absolute Gasteiger partial charge is 0.616 e. The molecule has 0 bridgehead atoms. The number of carbonyl (C=O) groups is 1. The topological polar surface area (TPSA) is 46.5 Å². The van der Waals surface area contributed by atoms with Gasteiger partial charge in [0.1, 0.15) is 6.61 Å². The van der Waals surface area contributed by atoms with Gasteiger partial charge in [0.2, 0.25) is 0 Å².